The van der Waals surface area contributed by atoms with Crippen molar-refractivity contribution in [1.82, 2.24) is 24.5 Å². The van der Waals surface area contributed by atoms with Gasteiger partial charge >= 0.3 is 5.69 Å². The van der Waals surface area contributed by atoms with Crippen molar-refractivity contribution in [3.8, 4) is 5.69 Å². The Morgan fingerprint density at radius 3 is 2.45 bits per heavy atom. The first-order chi connectivity index (χ1) is 9.49. The molecular weight excluding hydrogens is 305 g/mol. The molecule has 0 radical (unpaired) electrons. The molecule has 0 bridgehead atoms. The van der Waals surface area contributed by atoms with Gasteiger partial charge in [-0.3, -0.25) is 14.3 Å². The summed E-state index contributed by atoms with van der Waals surface area (Å²) in [6.07, 6.45) is 0. The first-order valence-corrected chi connectivity index (χ1v) is 6.25. The van der Waals surface area contributed by atoms with E-state index in [0.29, 0.717) is 15.7 Å². The highest BCUT2D eigenvalue weighted by Gasteiger charge is 2.15. The van der Waals surface area contributed by atoms with Crippen molar-refractivity contribution >= 4 is 34.4 Å². The molecule has 0 amide bonds. The van der Waals surface area contributed by atoms with Crippen molar-refractivity contribution in [3.63, 3.8) is 0 Å². The normalized spacial score (nSPS) is 11.2. The van der Waals surface area contributed by atoms with E-state index in [0.717, 1.165) is 9.36 Å². The largest absolute Gasteiger partial charge is 0.329 e. The van der Waals surface area contributed by atoms with Gasteiger partial charge in [0.1, 0.15) is 5.69 Å². The maximum atomic E-state index is 11.9. The number of benzene rings is 1. The van der Waals surface area contributed by atoms with Crippen LogP contribution in [0.4, 0.5) is 0 Å². The van der Waals surface area contributed by atoms with Crippen LogP contribution in [0.5, 0.6) is 0 Å². The van der Waals surface area contributed by atoms with Crippen LogP contribution in [-0.2, 0) is 7.05 Å². The van der Waals surface area contributed by atoms with Gasteiger partial charge in [-0.15, -0.1) is 15.0 Å². The second kappa shape index (κ2) is 4.46. The van der Waals surface area contributed by atoms with Crippen molar-refractivity contribution in [1.29, 1.82) is 0 Å². The van der Waals surface area contributed by atoms with E-state index in [9.17, 15) is 9.59 Å². The molecule has 102 valence electrons. The lowest BCUT2D eigenvalue weighted by molar-refractivity contribution is 0.763. The van der Waals surface area contributed by atoms with Crippen LogP contribution in [0.15, 0.2) is 27.8 Å². The van der Waals surface area contributed by atoms with Gasteiger partial charge in [0.25, 0.3) is 5.56 Å². The van der Waals surface area contributed by atoms with Crippen molar-refractivity contribution < 1.29 is 0 Å². The average Bonchev–Trinajstić information content (AvgIpc) is 2.79. The molecule has 2 aromatic heterocycles. The number of nitrogens with one attached hydrogen (secondary N) is 1. The lowest BCUT2D eigenvalue weighted by Gasteiger charge is -2.03. The van der Waals surface area contributed by atoms with Gasteiger partial charge in [-0.2, -0.15) is 0 Å². The highest BCUT2D eigenvalue weighted by Crippen LogP contribution is 2.27. The Bertz CT molecular complexity index is 920. The van der Waals surface area contributed by atoms with E-state index < -0.39 is 11.2 Å². The van der Waals surface area contributed by atoms with Crippen LogP contribution >= 0.6 is 23.2 Å². The summed E-state index contributed by atoms with van der Waals surface area (Å²) in [5.41, 5.74) is -0.662. The second-order valence-corrected chi connectivity index (χ2v) is 4.87. The Kier molecular flexibility index (Phi) is 2.88. The number of nitrogens with zero attached hydrogens (tertiary/aromatic N) is 4. The van der Waals surface area contributed by atoms with Crippen molar-refractivity contribution in [2.24, 2.45) is 7.05 Å². The molecule has 0 unspecified atom stereocenters. The van der Waals surface area contributed by atoms with E-state index in [2.05, 4.69) is 15.2 Å². The molecule has 3 aromatic rings. The summed E-state index contributed by atoms with van der Waals surface area (Å²) in [6, 6.07) is 4.92. The summed E-state index contributed by atoms with van der Waals surface area (Å²) in [5.74, 6) is 0. The lowest BCUT2D eigenvalue weighted by atomic mass is 10.3. The number of hydrogen-bond acceptors (Lipinski definition) is 4. The maximum absolute atomic E-state index is 11.9. The van der Waals surface area contributed by atoms with Crippen LogP contribution in [-0.4, -0.2) is 24.5 Å². The van der Waals surface area contributed by atoms with Crippen molar-refractivity contribution in [2.45, 2.75) is 0 Å². The molecule has 1 N–H and O–H groups in total. The Morgan fingerprint density at radius 1 is 1.15 bits per heavy atom. The van der Waals surface area contributed by atoms with Gasteiger partial charge in [0, 0.05) is 7.05 Å². The highest BCUT2D eigenvalue weighted by molar-refractivity contribution is 6.37. The zero-order valence-corrected chi connectivity index (χ0v) is 11.6. The molecule has 20 heavy (non-hydrogen) atoms. The molecule has 3 rings (SSSR count). The first kappa shape index (κ1) is 12.9. The van der Waals surface area contributed by atoms with Crippen LogP contribution in [0.1, 0.15) is 0 Å². The number of halogens is 2. The molecule has 0 saturated carbocycles. The SMILES string of the molecule is Cn1c(=O)[nH]c2nn(-c3c(Cl)cccc3Cl)nc2c1=O. The fourth-order valence-corrected chi connectivity index (χ4v) is 2.30. The molecule has 0 spiro atoms. The molecule has 0 atom stereocenters. The number of fused-ring (bicyclic) bond motifs is 1. The minimum Gasteiger partial charge on any atom is -0.288 e. The van der Waals surface area contributed by atoms with Gasteiger partial charge in [-0.1, -0.05) is 29.3 Å². The smallest absolute Gasteiger partial charge is 0.288 e. The summed E-state index contributed by atoms with van der Waals surface area (Å²) in [4.78, 5) is 27.0. The first-order valence-electron chi connectivity index (χ1n) is 5.50. The Labute approximate surface area is 121 Å². The summed E-state index contributed by atoms with van der Waals surface area (Å²) in [7, 11) is 1.35. The number of aromatic amines is 1. The summed E-state index contributed by atoms with van der Waals surface area (Å²) in [5, 5.41) is 8.74. The fourth-order valence-electron chi connectivity index (χ4n) is 1.75. The molecule has 0 saturated heterocycles. The standard InChI is InChI=1S/C11H7Cl2N5O2/c1-17-10(19)7-9(14-11(17)20)16-18(15-7)8-5(12)3-2-4-6(8)13/h2-4H,1H3,(H,14,16,20). The molecule has 9 heteroatoms. The van der Waals surface area contributed by atoms with E-state index in [-0.39, 0.29) is 11.2 Å². The average molecular weight is 312 g/mol. The second-order valence-electron chi connectivity index (χ2n) is 4.05. The van der Waals surface area contributed by atoms with E-state index in [1.165, 1.54) is 7.05 Å². The lowest BCUT2D eigenvalue weighted by Crippen LogP contribution is -2.32. The molecule has 0 aliphatic rings. The zero-order valence-electron chi connectivity index (χ0n) is 10.1. The number of H-pyrrole nitrogens is 1. The topological polar surface area (TPSA) is 85.6 Å². The minimum atomic E-state index is -0.570. The van der Waals surface area contributed by atoms with Crippen LogP contribution in [0.2, 0.25) is 10.0 Å². The zero-order chi connectivity index (χ0) is 14.4. The fraction of sp³-hybridized carbons (Fsp3) is 0.0909. The third-order valence-corrected chi connectivity index (χ3v) is 3.40. The van der Waals surface area contributed by atoms with E-state index in [1.807, 2.05) is 0 Å². The Balaban J connectivity index is 2.38. The quantitative estimate of drug-likeness (QED) is 0.729. The molecule has 2 heterocycles. The van der Waals surface area contributed by atoms with Crippen molar-refractivity contribution in [2.75, 3.05) is 0 Å². The van der Waals surface area contributed by atoms with Crippen LogP contribution in [0.25, 0.3) is 16.9 Å². The third kappa shape index (κ3) is 1.83. The van der Waals surface area contributed by atoms with E-state index in [4.69, 9.17) is 23.2 Å². The Hall–Kier alpha value is -2.12. The molecule has 0 fully saturated rings. The number of rotatable bonds is 1. The van der Waals surface area contributed by atoms with Crippen molar-refractivity contribution in [3.05, 3.63) is 49.1 Å². The summed E-state index contributed by atoms with van der Waals surface area (Å²) in [6.45, 7) is 0. The monoisotopic (exact) mass is 311 g/mol. The maximum Gasteiger partial charge on any atom is 0.329 e. The number of para-hydroxylation sites is 1. The predicted octanol–water partition coefficient (Wildman–Crippen LogP) is 1.11. The summed E-state index contributed by atoms with van der Waals surface area (Å²) >= 11 is 12.1. The van der Waals surface area contributed by atoms with Crippen LogP contribution < -0.4 is 11.2 Å². The van der Waals surface area contributed by atoms with Gasteiger partial charge in [0.15, 0.2) is 11.2 Å². The predicted molar refractivity (Wildman–Crippen MR) is 74.7 cm³/mol. The van der Waals surface area contributed by atoms with E-state index >= 15 is 0 Å². The highest BCUT2D eigenvalue weighted by atomic mass is 35.5. The van der Waals surface area contributed by atoms with Gasteiger partial charge in [-0.05, 0) is 12.1 Å². The van der Waals surface area contributed by atoms with E-state index in [1.54, 1.807) is 18.2 Å². The molecule has 0 aliphatic carbocycles. The minimum absolute atomic E-state index is 0.0306. The van der Waals surface area contributed by atoms with Gasteiger partial charge < -0.3 is 0 Å². The molecular formula is C11H7Cl2N5O2. The van der Waals surface area contributed by atoms with Gasteiger partial charge in [0.2, 0.25) is 0 Å². The van der Waals surface area contributed by atoms with Crippen LogP contribution in [0.3, 0.4) is 0 Å². The number of aromatic nitrogens is 5. The molecule has 7 nitrogen and oxygen atoms in total. The molecule has 1 aromatic carbocycles. The van der Waals surface area contributed by atoms with Gasteiger partial charge in [-0.25, -0.2) is 4.79 Å². The summed E-state index contributed by atoms with van der Waals surface area (Å²) < 4.78 is 0.912. The molecule has 0 aliphatic heterocycles. The Morgan fingerprint density at radius 2 is 1.80 bits per heavy atom. The van der Waals surface area contributed by atoms with Gasteiger partial charge in [0.05, 0.1) is 10.0 Å². The van der Waals surface area contributed by atoms with Crippen LogP contribution in [0, 0.1) is 0 Å². The third-order valence-electron chi connectivity index (χ3n) is 2.79. The number of hydrogen-bond donors (Lipinski definition) is 1.